The summed E-state index contributed by atoms with van der Waals surface area (Å²) < 4.78 is -1.78. The third kappa shape index (κ3) is 2.66. The standard InChI is InChI=1S/C5H3Cl5N4/c6-1-2(5(8,9)10)12-4(14-11)13-3(1)7/h11H2,(H,12,13,14). The number of aromatic nitrogens is 2. The summed E-state index contributed by atoms with van der Waals surface area (Å²) in [5.41, 5.74) is 2.14. The van der Waals surface area contributed by atoms with Crippen molar-refractivity contribution < 1.29 is 0 Å². The van der Waals surface area contributed by atoms with Crippen LogP contribution in [0.4, 0.5) is 5.95 Å². The fraction of sp³-hybridized carbons (Fsp3) is 0.200. The molecule has 3 N–H and O–H groups in total. The summed E-state index contributed by atoms with van der Waals surface area (Å²) in [4.78, 5) is 7.44. The van der Waals surface area contributed by atoms with E-state index >= 15 is 0 Å². The average molecular weight is 296 g/mol. The summed E-state index contributed by atoms with van der Waals surface area (Å²) in [6, 6.07) is 0. The summed E-state index contributed by atoms with van der Waals surface area (Å²) in [6.45, 7) is 0. The molecular weight excluding hydrogens is 293 g/mol. The van der Waals surface area contributed by atoms with Gasteiger partial charge in [-0.15, -0.1) is 0 Å². The summed E-state index contributed by atoms with van der Waals surface area (Å²) in [6.07, 6.45) is 0. The first kappa shape index (κ1) is 12.4. The van der Waals surface area contributed by atoms with Gasteiger partial charge in [0.05, 0.1) is 0 Å². The van der Waals surface area contributed by atoms with Crippen LogP contribution in [0.1, 0.15) is 5.69 Å². The molecule has 78 valence electrons. The number of nitrogens with one attached hydrogen (secondary N) is 1. The molecule has 0 aliphatic carbocycles. The number of hydrazine groups is 1. The molecule has 14 heavy (non-hydrogen) atoms. The lowest BCUT2D eigenvalue weighted by molar-refractivity contribution is 1.02. The maximum atomic E-state index is 5.73. The molecule has 0 amide bonds. The number of halogens is 5. The van der Waals surface area contributed by atoms with Crippen molar-refractivity contribution in [3.8, 4) is 0 Å². The van der Waals surface area contributed by atoms with Gasteiger partial charge in [0.15, 0.2) is 5.15 Å². The molecule has 0 spiro atoms. The van der Waals surface area contributed by atoms with Crippen LogP contribution in [0.15, 0.2) is 0 Å². The summed E-state index contributed by atoms with van der Waals surface area (Å²) >= 11 is 28.2. The van der Waals surface area contributed by atoms with E-state index < -0.39 is 3.79 Å². The number of nitrogen functional groups attached to an aromatic ring is 1. The fourth-order valence-electron chi connectivity index (χ4n) is 0.672. The maximum absolute atomic E-state index is 5.73. The Kier molecular flexibility index (Phi) is 3.91. The second-order valence-electron chi connectivity index (χ2n) is 2.14. The summed E-state index contributed by atoms with van der Waals surface area (Å²) in [5, 5.41) is -0.0680. The number of rotatable bonds is 1. The Morgan fingerprint density at radius 1 is 1.14 bits per heavy atom. The molecule has 1 aromatic rings. The van der Waals surface area contributed by atoms with Crippen molar-refractivity contribution in [2.45, 2.75) is 3.79 Å². The van der Waals surface area contributed by atoms with E-state index in [1.54, 1.807) is 0 Å². The normalized spacial score (nSPS) is 11.6. The Morgan fingerprint density at radius 3 is 2.14 bits per heavy atom. The Labute approximate surface area is 105 Å². The first-order chi connectivity index (χ1) is 6.36. The van der Waals surface area contributed by atoms with E-state index in [-0.39, 0.29) is 21.8 Å². The molecule has 0 bridgehead atoms. The third-order valence-electron chi connectivity index (χ3n) is 1.21. The highest BCUT2D eigenvalue weighted by Crippen LogP contribution is 2.42. The predicted molar refractivity (Wildman–Crippen MR) is 59.1 cm³/mol. The fourth-order valence-corrected chi connectivity index (χ4v) is 1.62. The van der Waals surface area contributed by atoms with E-state index in [0.29, 0.717) is 0 Å². The molecule has 0 saturated carbocycles. The summed E-state index contributed by atoms with van der Waals surface area (Å²) in [5.74, 6) is 5.09. The monoisotopic (exact) mass is 294 g/mol. The van der Waals surface area contributed by atoms with Crippen LogP contribution in [0, 0.1) is 0 Å². The van der Waals surface area contributed by atoms with Crippen molar-refractivity contribution in [2.24, 2.45) is 5.84 Å². The van der Waals surface area contributed by atoms with E-state index in [1.165, 1.54) is 0 Å². The minimum atomic E-state index is -1.78. The Hall–Kier alpha value is 0.290. The smallest absolute Gasteiger partial charge is 0.239 e. The Morgan fingerprint density at radius 2 is 1.71 bits per heavy atom. The molecule has 0 aliphatic heterocycles. The van der Waals surface area contributed by atoms with Crippen LogP contribution in [0.5, 0.6) is 0 Å². The number of alkyl halides is 3. The molecule has 0 radical (unpaired) electrons. The minimum absolute atomic E-state index is 0.0146. The zero-order chi connectivity index (χ0) is 10.9. The average Bonchev–Trinajstić information content (AvgIpc) is 2.07. The lowest BCUT2D eigenvalue weighted by atomic mass is 10.4. The van der Waals surface area contributed by atoms with Crippen molar-refractivity contribution in [3.63, 3.8) is 0 Å². The number of hydrogen-bond acceptors (Lipinski definition) is 4. The molecule has 9 heteroatoms. The number of hydrogen-bond donors (Lipinski definition) is 2. The zero-order valence-electron chi connectivity index (χ0n) is 6.36. The molecule has 4 nitrogen and oxygen atoms in total. The van der Waals surface area contributed by atoms with Crippen molar-refractivity contribution in [1.29, 1.82) is 0 Å². The molecule has 0 fully saturated rings. The number of nitrogens with zero attached hydrogens (tertiary/aromatic N) is 2. The van der Waals surface area contributed by atoms with Crippen molar-refractivity contribution in [1.82, 2.24) is 9.97 Å². The second kappa shape index (κ2) is 4.43. The lowest BCUT2D eigenvalue weighted by Gasteiger charge is -2.13. The van der Waals surface area contributed by atoms with Crippen LogP contribution in [-0.4, -0.2) is 9.97 Å². The molecule has 0 aromatic carbocycles. The molecule has 1 rings (SSSR count). The van der Waals surface area contributed by atoms with Gasteiger partial charge in [0.1, 0.15) is 10.7 Å². The van der Waals surface area contributed by atoms with Crippen LogP contribution < -0.4 is 11.3 Å². The second-order valence-corrected chi connectivity index (χ2v) is 5.16. The Balaban J connectivity index is 3.35. The van der Waals surface area contributed by atoms with Crippen LogP contribution in [0.2, 0.25) is 10.2 Å². The van der Waals surface area contributed by atoms with Gasteiger partial charge in [-0.05, 0) is 0 Å². The van der Waals surface area contributed by atoms with Crippen molar-refractivity contribution in [2.75, 3.05) is 5.43 Å². The van der Waals surface area contributed by atoms with Gasteiger partial charge >= 0.3 is 0 Å². The third-order valence-corrected chi connectivity index (χ3v) is 2.47. The quantitative estimate of drug-likeness (QED) is 0.362. The Bertz CT molecular complexity index is 349. The van der Waals surface area contributed by atoms with Gasteiger partial charge in [0.25, 0.3) is 0 Å². The molecular formula is C5H3Cl5N4. The highest BCUT2D eigenvalue weighted by molar-refractivity contribution is 6.67. The molecule has 0 saturated heterocycles. The topological polar surface area (TPSA) is 63.8 Å². The van der Waals surface area contributed by atoms with Gasteiger partial charge in [0, 0.05) is 0 Å². The van der Waals surface area contributed by atoms with Crippen LogP contribution in [0.25, 0.3) is 0 Å². The summed E-state index contributed by atoms with van der Waals surface area (Å²) in [7, 11) is 0. The molecule has 0 aliphatic rings. The SMILES string of the molecule is NNc1nc(Cl)c(Cl)c(C(Cl)(Cl)Cl)n1. The van der Waals surface area contributed by atoms with Gasteiger partial charge in [-0.25, -0.2) is 10.8 Å². The zero-order valence-corrected chi connectivity index (χ0v) is 10.1. The van der Waals surface area contributed by atoms with E-state index in [2.05, 4.69) is 15.4 Å². The van der Waals surface area contributed by atoms with Gasteiger partial charge in [-0.2, -0.15) is 4.98 Å². The van der Waals surface area contributed by atoms with E-state index in [9.17, 15) is 0 Å². The van der Waals surface area contributed by atoms with Gasteiger partial charge in [-0.3, -0.25) is 5.43 Å². The van der Waals surface area contributed by atoms with Crippen molar-refractivity contribution in [3.05, 3.63) is 15.9 Å². The number of nitrogens with two attached hydrogens (primary N) is 1. The van der Waals surface area contributed by atoms with Gasteiger partial charge in [-0.1, -0.05) is 58.0 Å². The van der Waals surface area contributed by atoms with E-state index in [1.807, 2.05) is 0 Å². The van der Waals surface area contributed by atoms with Crippen LogP contribution in [0.3, 0.4) is 0 Å². The number of anilines is 1. The highest BCUT2D eigenvalue weighted by atomic mass is 35.6. The highest BCUT2D eigenvalue weighted by Gasteiger charge is 2.30. The van der Waals surface area contributed by atoms with E-state index in [4.69, 9.17) is 63.8 Å². The predicted octanol–water partition coefficient (Wildman–Crippen LogP) is 2.90. The van der Waals surface area contributed by atoms with Crippen LogP contribution >= 0.6 is 58.0 Å². The molecule has 0 atom stereocenters. The van der Waals surface area contributed by atoms with Gasteiger partial charge < -0.3 is 0 Å². The minimum Gasteiger partial charge on any atom is -0.292 e. The van der Waals surface area contributed by atoms with Gasteiger partial charge in [0.2, 0.25) is 9.74 Å². The van der Waals surface area contributed by atoms with Crippen molar-refractivity contribution >= 4 is 64.0 Å². The largest absolute Gasteiger partial charge is 0.292 e. The maximum Gasteiger partial charge on any atom is 0.239 e. The molecule has 0 unspecified atom stereocenters. The van der Waals surface area contributed by atoms with E-state index in [0.717, 1.165) is 0 Å². The van der Waals surface area contributed by atoms with Crippen LogP contribution in [-0.2, 0) is 3.79 Å². The molecule has 1 aromatic heterocycles. The first-order valence-electron chi connectivity index (χ1n) is 3.13. The molecule has 1 heterocycles. The first-order valence-corrected chi connectivity index (χ1v) is 5.02. The lowest BCUT2D eigenvalue weighted by Crippen LogP contribution is -2.14.